The highest BCUT2D eigenvalue weighted by molar-refractivity contribution is 5.47. The average Bonchev–Trinajstić information content (AvgIpc) is 2.63. The van der Waals surface area contributed by atoms with Gasteiger partial charge in [0.25, 0.3) is 0 Å². The number of alkyl halides is 4. The molecule has 2 heterocycles. The molecule has 0 saturated carbocycles. The van der Waals surface area contributed by atoms with Gasteiger partial charge in [-0.05, 0) is 0 Å². The highest BCUT2D eigenvalue weighted by Crippen LogP contribution is 2.29. The van der Waals surface area contributed by atoms with Gasteiger partial charge in [-0.3, -0.25) is 4.57 Å². The fourth-order valence-electron chi connectivity index (χ4n) is 1.02. The van der Waals surface area contributed by atoms with Crippen molar-refractivity contribution in [2.45, 2.75) is 12.5 Å². The lowest BCUT2D eigenvalue weighted by Gasteiger charge is -2.18. The number of halogens is 4. The number of hydrogen-bond donors (Lipinski definition) is 0. The van der Waals surface area contributed by atoms with E-state index in [4.69, 9.17) is 0 Å². The average molecular weight is 220 g/mol. The van der Waals surface area contributed by atoms with Crippen LogP contribution in [0, 0.1) is 0 Å². The topological polar surface area (TPSA) is 43.6 Å². The molecule has 2 aliphatic heterocycles. The van der Waals surface area contributed by atoms with Crippen molar-refractivity contribution in [2.24, 2.45) is 0 Å². The zero-order chi connectivity index (χ0) is 11.1. The van der Waals surface area contributed by atoms with Gasteiger partial charge >= 0.3 is 12.5 Å². The van der Waals surface area contributed by atoms with Gasteiger partial charge < -0.3 is 0 Å². The molecule has 2 rings (SSSR count). The number of nitrogens with zero attached hydrogens (tertiary/aromatic N) is 4. The predicted octanol–water partition coefficient (Wildman–Crippen LogP) is 1.59. The van der Waals surface area contributed by atoms with Crippen molar-refractivity contribution in [3.63, 3.8) is 0 Å². The second-order valence-electron chi connectivity index (χ2n) is 2.75. The molecule has 8 heteroatoms. The zero-order valence-electron chi connectivity index (χ0n) is 7.11. The fraction of sp³-hybridized carbons (Fsp3) is 0.286. The van der Waals surface area contributed by atoms with E-state index in [1.165, 1.54) is 0 Å². The normalized spacial score (nSPS) is 12.6. The summed E-state index contributed by atoms with van der Waals surface area (Å²) in [6, 6.07) is -4.29. The van der Waals surface area contributed by atoms with Crippen molar-refractivity contribution < 1.29 is 17.6 Å². The van der Waals surface area contributed by atoms with E-state index >= 15 is 0 Å². The first-order chi connectivity index (χ1) is 7.01. The quantitative estimate of drug-likeness (QED) is 0.722. The number of aromatic nitrogens is 4. The molecular formula is C7H4F4N4. The van der Waals surface area contributed by atoms with E-state index in [1.807, 2.05) is 0 Å². The van der Waals surface area contributed by atoms with Crippen molar-refractivity contribution in [1.29, 1.82) is 0 Å². The van der Waals surface area contributed by atoms with Crippen LogP contribution in [0.4, 0.5) is 17.6 Å². The van der Waals surface area contributed by atoms with Gasteiger partial charge in [-0.25, -0.2) is 23.7 Å². The Bertz CT molecular complexity index is 441. The van der Waals surface area contributed by atoms with Gasteiger partial charge in [0, 0.05) is 6.20 Å². The molecule has 0 fully saturated rings. The SMILES string of the molecule is FC(F)C(F)(F)n1cnc2ncnc-2c1. The molecule has 0 saturated heterocycles. The van der Waals surface area contributed by atoms with Gasteiger partial charge in [0.1, 0.15) is 18.3 Å². The highest BCUT2D eigenvalue weighted by atomic mass is 19.3. The van der Waals surface area contributed by atoms with Gasteiger partial charge in [-0.2, -0.15) is 8.78 Å². The summed E-state index contributed by atoms with van der Waals surface area (Å²) >= 11 is 0. The maximum Gasteiger partial charge on any atom is 0.390 e. The van der Waals surface area contributed by atoms with E-state index in [9.17, 15) is 17.6 Å². The first kappa shape index (κ1) is 9.81. The number of hydrogen-bond acceptors (Lipinski definition) is 3. The summed E-state index contributed by atoms with van der Waals surface area (Å²) in [5, 5.41) is 0. The molecule has 0 bridgehead atoms. The fourth-order valence-corrected chi connectivity index (χ4v) is 1.02. The molecule has 0 aromatic carbocycles. The van der Waals surface area contributed by atoms with E-state index in [-0.39, 0.29) is 16.1 Å². The van der Waals surface area contributed by atoms with Gasteiger partial charge in [0.05, 0.1) is 0 Å². The van der Waals surface area contributed by atoms with E-state index in [0.29, 0.717) is 6.33 Å². The highest BCUT2D eigenvalue weighted by Gasteiger charge is 2.42. The Morgan fingerprint density at radius 2 is 1.93 bits per heavy atom. The van der Waals surface area contributed by atoms with Crippen LogP contribution < -0.4 is 0 Å². The zero-order valence-corrected chi connectivity index (χ0v) is 7.11. The van der Waals surface area contributed by atoms with Crippen molar-refractivity contribution in [3.05, 3.63) is 18.9 Å². The lowest BCUT2D eigenvalue weighted by Crippen LogP contribution is -2.31. The van der Waals surface area contributed by atoms with Crippen LogP contribution >= 0.6 is 0 Å². The summed E-state index contributed by atoms with van der Waals surface area (Å²) in [7, 11) is 0. The molecule has 0 aromatic rings. The largest absolute Gasteiger partial charge is 0.390 e. The molecule has 0 aliphatic carbocycles. The van der Waals surface area contributed by atoms with Crippen LogP contribution in [-0.2, 0) is 6.05 Å². The third-order valence-corrected chi connectivity index (χ3v) is 1.78. The van der Waals surface area contributed by atoms with E-state index in [2.05, 4.69) is 15.0 Å². The molecular weight excluding hydrogens is 216 g/mol. The summed E-state index contributed by atoms with van der Waals surface area (Å²) in [6.45, 7) is 0. The number of imidazole rings is 1. The third kappa shape index (κ3) is 1.51. The molecule has 0 unspecified atom stereocenters. The summed E-state index contributed by atoms with van der Waals surface area (Å²) < 4.78 is 49.7. The Morgan fingerprint density at radius 1 is 1.20 bits per heavy atom. The van der Waals surface area contributed by atoms with Crippen LogP contribution in [0.25, 0.3) is 11.5 Å². The Hall–Kier alpha value is -1.73. The molecule has 0 radical (unpaired) electrons. The maximum absolute atomic E-state index is 12.8. The van der Waals surface area contributed by atoms with Crippen LogP contribution in [0.5, 0.6) is 0 Å². The van der Waals surface area contributed by atoms with Crippen LogP contribution in [0.2, 0.25) is 0 Å². The van der Waals surface area contributed by atoms with Gasteiger partial charge in [-0.1, -0.05) is 0 Å². The monoisotopic (exact) mass is 220 g/mol. The number of fused-ring (bicyclic) bond motifs is 1. The van der Waals surface area contributed by atoms with Crippen LogP contribution in [0.15, 0.2) is 18.9 Å². The van der Waals surface area contributed by atoms with Gasteiger partial charge in [-0.15, -0.1) is 0 Å². The smallest absolute Gasteiger partial charge is 0.272 e. The Balaban J connectivity index is 2.49. The van der Waals surface area contributed by atoms with Gasteiger partial charge in [0.15, 0.2) is 5.82 Å². The molecule has 0 N–H and O–H groups in total. The molecule has 0 spiro atoms. The van der Waals surface area contributed by atoms with Crippen LogP contribution in [0.1, 0.15) is 0 Å². The third-order valence-electron chi connectivity index (χ3n) is 1.78. The molecule has 4 nitrogen and oxygen atoms in total. The molecule has 0 amide bonds. The molecule has 2 aliphatic rings. The van der Waals surface area contributed by atoms with E-state index in [0.717, 1.165) is 12.5 Å². The lowest BCUT2D eigenvalue weighted by atomic mass is 10.4. The van der Waals surface area contributed by atoms with Gasteiger partial charge in [0.2, 0.25) is 0 Å². The molecule has 0 atom stereocenters. The minimum Gasteiger partial charge on any atom is -0.272 e. The van der Waals surface area contributed by atoms with Crippen molar-refractivity contribution >= 4 is 0 Å². The van der Waals surface area contributed by atoms with Crippen molar-refractivity contribution in [1.82, 2.24) is 19.5 Å². The van der Waals surface area contributed by atoms with Crippen molar-refractivity contribution in [3.8, 4) is 11.5 Å². The summed E-state index contributed by atoms with van der Waals surface area (Å²) in [4.78, 5) is 10.7. The maximum atomic E-state index is 12.8. The lowest BCUT2D eigenvalue weighted by molar-refractivity contribution is -0.190. The summed E-state index contributed by atoms with van der Waals surface area (Å²) in [5.41, 5.74) is 0.0397. The first-order valence-corrected chi connectivity index (χ1v) is 3.83. The number of rotatable bonds is 2. The second kappa shape index (κ2) is 3.14. The minimum atomic E-state index is -4.29. The molecule has 15 heavy (non-hydrogen) atoms. The second-order valence-corrected chi connectivity index (χ2v) is 2.75. The summed E-state index contributed by atoms with van der Waals surface area (Å²) in [5.74, 6) is 0.135. The first-order valence-electron chi connectivity index (χ1n) is 3.83. The summed E-state index contributed by atoms with van der Waals surface area (Å²) in [6.07, 6.45) is -1.31. The molecule has 80 valence electrons. The Morgan fingerprint density at radius 3 is 2.60 bits per heavy atom. The standard InChI is InChI=1S/C7H4F4N4/c8-6(9)7(10,11)15-1-4-5(14-3-15)13-2-12-4/h1-3,6H. The van der Waals surface area contributed by atoms with Crippen molar-refractivity contribution in [2.75, 3.05) is 0 Å². The van der Waals surface area contributed by atoms with E-state index in [1.54, 1.807) is 0 Å². The predicted molar refractivity (Wildman–Crippen MR) is 40.6 cm³/mol. The minimum absolute atomic E-state index is 0.0225. The Kier molecular flexibility index (Phi) is 2.06. The van der Waals surface area contributed by atoms with E-state index < -0.39 is 12.5 Å². The Labute approximate surface area is 80.9 Å². The molecule has 0 aromatic heterocycles. The van der Waals surface area contributed by atoms with Crippen LogP contribution in [0.3, 0.4) is 0 Å². The van der Waals surface area contributed by atoms with Crippen LogP contribution in [-0.4, -0.2) is 25.9 Å².